The number of allylic oxidation sites excluding steroid dienone is 1. The molecule has 60 heavy (non-hydrogen) atoms. The molecule has 4 heterocycles. The van der Waals surface area contributed by atoms with Gasteiger partial charge in [0, 0.05) is 67.0 Å². The second kappa shape index (κ2) is 16.8. The average Bonchev–Trinajstić information content (AvgIpc) is 3.53. The molecule has 13 nitrogen and oxygen atoms in total. The summed E-state index contributed by atoms with van der Waals surface area (Å²) in [6.45, 7) is 14.9. The van der Waals surface area contributed by atoms with Crippen molar-refractivity contribution in [1.82, 2.24) is 25.1 Å². The molecule has 1 aromatic carbocycles. The number of rotatable bonds is 15. The molecule has 320 valence electrons. The average molecular weight is 836 g/mol. The van der Waals surface area contributed by atoms with Gasteiger partial charge in [-0.15, -0.1) is 10.2 Å². The molecule has 0 amide bonds. The van der Waals surface area contributed by atoms with Gasteiger partial charge in [-0.1, -0.05) is 31.3 Å². The lowest BCUT2D eigenvalue weighted by Crippen LogP contribution is -2.52. The Hall–Kier alpha value is -4.50. The Morgan fingerprint density at radius 1 is 1.10 bits per heavy atom. The summed E-state index contributed by atoms with van der Waals surface area (Å²) in [7, 11) is 2.10. The number of thiazole rings is 1. The number of hydrogen-bond donors (Lipinski definition) is 4. The number of aromatic nitrogens is 4. The van der Waals surface area contributed by atoms with Crippen molar-refractivity contribution < 1.29 is 19.7 Å². The Balaban J connectivity index is 0.992. The van der Waals surface area contributed by atoms with Gasteiger partial charge in [-0.2, -0.15) is 0 Å². The van der Waals surface area contributed by atoms with E-state index in [1.165, 1.54) is 19.0 Å². The van der Waals surface area contributed by atoms with E-state index >= 15 is 0 Å². The molecule has 4 aromatic rings. The number of aryl methyl sites for hydroxylation is 1. The molecular weight excluding hydrogens is 775 g/mol. The smallest absolute Gasteiger partial charge is 0.355 e. The lowest BCUT2D eigenvalue weighted by Gasteiger charge is -2.56. The number of benzene rings is 1. The first kappa shape index (κ1) is 42.2. The molecule has 5 atom stereocenters. The van der Waals surface area contributed by atoms with Crippen LogP contribution in [0.4, 0.5) is 22.6 Å². The summed E-state index contributed by atoms with van der Waals surface area (Å²) in [4.78, 5) is 31.8. The molecule has 5 N–H and O–H groups in total. The Kier molecular flexibility index (Phi) is 11.8. The number of aliphatic hydroxyl groups is 1. The first-order valence-electron chi connectivity index (χ1n) is 21.6. The van der Waals surface area contributed by atoms with Crippen molar-refractivity contribution in [3.05, 3.63) is 64.5 Å². The van der Waals surface area contributed by atoms with Crippen LogP contribution in [-0.2, 0) is 11.2 Å². The number of likely N-dealkylation sites (N-methyl/N-ethyl adjacent to an activating group) is 1. The maximum absolute atomic E-state index is 12.9. The second-order valence-corrected chi connectivity index (χ2v) is 20.0. The Bertz CT molecular complexity index is 2330. The third kappa shape index (κ3) is 8.53. The number of fused-ring (bicyclic) bond motifs is 3. The van der Waals surface area contributed by atoms with E-state index in [2.05, 4.69) is 66.4 Å². The van der Waals surface area contributed by atoms with Crippen LogP contribution in [0.1, 0.15) is 105 Å². The van der Waals surface area contributed by atoms with E-state index < -0.39 is 5.97 Å². The number of nitrogens with two attached hydrogens (primary N) is 1. The molecule has 5 unspecified atom stereocenters. The first-order valence-corrected chi connectivity index (χ1v) is 22.4. The van der Waals surface area contributed by atoms with Crippen LogP contribution in [0, 0.1) is 36.5 Å². The van der Waals surface area contributed by atoms with E-state index in [0.29, 0.717) is 65.8 Å². The zero-order chi connectivity index (χ0) is 42.4. The maximum atomic E-state index is 12.9. The molecule has 4 saturated carbocycles. The highest BCUT2D eigenvalue weighted by atomic mass is 32.1. The Morgan fingerprint density at radius 2 is 1.90 bits per heavy atom. The highest BCUT2D eigenvalue weighted by Gasteiger charge is 2.60. The van der Waals surface area contributed by atoms with Crippen LogP contribution in [0.3, 0.4) is 0 Å². The summed E-state index contributed by atoms with van der Waals surface area (Å²) in [6.07, 6.45) is 10.6. The topological polar surface area (TPSA) is 175 Å². The largest absolute Gasteiger partial charge is 0.476 e. The number of carbonyl (C=O) groups is 1. The van der Waals surface area contributed by atoms with Crippen LogP contribution < -0.4 is 16.0 Å². The van der Waals surface area contributed by atoms with Gasteiger partial charge in [-0.05, 0) is 138 Å². The van der Waals surface area contributed by atoms with Gasteiger partial charge in [0.05, 0.1) is 22.4 Å². The highest BCUT2D eigenvalue weighted by Crippen LogP contribution is 2.66. The van der Waals surface area contributed by atoms with Crippen LogP contribution in [-0.4, -0.2) is 99.0 Å². The molecule has 4 aliphatic carbocycles. The second-order valence-electron chi connectivity index (χ2n) is 18.9. The monoisotopic (exact) mass is 835 g/mol. The number of carboxylic acids is 1. The Labute approximate surface area is 357 Å². The molecule has 4 bridgehead atoms. The van der Waals surface area contributed by atoms with E-state index in [9.17, 15) is 15.0 Å². The molecule has 5 aliphatic rings. The van der Waals surface area contributed by atoms with Gasteiger partial charge >= 0.3 is 5.97 Å². The van der Waals surface area contributed by atoms with Crippen molar-refractivity contribution in [3.63, 3.8) is 0 Å². The number of aromatic carboxylic acids is 1. The number of aliphatic hydroxyl groups excluding tert-OH is 1. The summed E-state index contributed by atoms with van der Waals surface area (Å²) >= 11 is 1.58. The zero-order valence-electron chi connectivity index (χ0n) is 36.1. The predicted octanol–water partition coefficient (Wildman–Crippen LogP) is 8.08. The normalized spacial score (nSPS) is 26.5. The van der Waals surface area contributed by atoms with Crippen molar-refractivity contribution in [2.75, 3.05) is 56.7 Å². The molecule has 0 spiro atoms. The van der Waals surface area contributed by atoms with Gasteiger partial charge in [0.25, 0.3) is 0 Å². The number of pyridine rings is 1. The summed E-state index contributed by atoms with van der Waals surface area (Å²) in [5, 5.41) is 33.2. The third-order valence-electron chi connectivity index (χ3n) is 13.7. The lowest BCUT2D eigenvalue weighted by molar-refractivity contribution is -0.165. The van der Waals surface area contributed by atoms with Crippen molar-refractivity contribution in [2.24, 2.45) is 33.4 Å². The highest BCUT2D eigenvalue weighted by molar-refractivity contribution is 7.22. The van der Waals surface area contributed by atoms with Crippen LogP contribution >= 0.6 is 11.3 Å². The first-order chi connectivity index (χ1) is 28.7. The third-order valence-corrected chi connectivity index (χ3v) is 14.6. The fourth-order valence-electron chi connectivity index (χ4n) is 11.6. The number of hydrogen-bond acceptors (Lipinski definition) is 13. The van der Waals surface area contributed by atoms with Crippen molar-refractivity contribution in [1.29, 1.82) is 0 Å². The fraction of sp³-hybridized carbons (Fsp3) is 0.565. The van der Waals surface area contributed by atoms with E-state index in [1.54, 1.807) is 17.4 Å². The van der Waals surface area contributed by atoms with Gasteiger partial charge in [0.1, 0.15) is 5.82 Å². The number of nitrogens with one attached hydrogen (secondary N) is 1. The van der Waals surface area contributed by atoms with Gasteiger partial charge in [-0.3, -0.25) is 4.99 Å². The van der Waals surface area contributed by atoms with Crippen LogP contribution in [0.25, 0.3) is 15.8 Å². The summed E-state index contributed by atoms with van der Waals surface area (Å²) in [5.41, 5.74) is 12.4. The number of nitrogens with zero attached hydrogens (tertiary/aromatic N) is 7. The summed E-state index contributed by atoms with van der Waals surface area (Å²) in [5.74, 6) is 1.60. The molecule has 0 saturated heterocycles. The van der Waals surface area contributed by atoms with Crippen LogP contribution in [0.5, 0.6) is 0 Å². The number of ether oxygens (including phenoxy) is 1. The SMILES string of the molecule is CC(=NCC1CC2(C)CC3(C)CC1CC(OCCN(C)CCCO)(C2)C3)C(=CN)c1ccc(N2CCCc3c2nnc(Nc2nc4cc(C)ccc4s2)c3C)nc1C(=O)O. The molecule has 4 fully saturated rings. The van der Waals surface area contributed by atoms with Crippen LogP contribution in [0.2, 0.25) is 0 Å². The quantitative estimate of drug-likeness (QED) is 0.0849. The van der Waals surface area contributed by atoms with E-state index in [4.69, 9.17) is 25.4 Å². The van der Waals surface area contributed by atoms with Gasteiger partial charge < -0.3 is 35.8 Å². The van der Waals surface area contributed by atoms with Crippen molar-refractivity contribution in [2.45, 2.75) is 98.0 Å². The van der Waals surface area contributed by atoms with Crippen molar-refractivity contribution in [3.8, 4) is 0 Å². The Morgan fingerprint density at radius 3 is 2.67 bits per heavy atom. The minimum absolute atomic E-state index is 0.0770. The van der Waals surface area contributed by atoms with Gasteiger partial charge in [0.15, 0.2) is 22.5 Å². The predicted molar refractivity (Wildman–Crippen MR) is 240 cm³/mol. The fourth-order valence-corrected chi connectivity index (χ4v) is 12.5. The standard InChI is InChI=1S/C46H61N9O4S/c1-28-10-12-37-36(19-28)49-43(60-37)51-40-29(2)33-9-7-15-55(41(33)53-52-40)38-13-11-34(39(50-38)42(57)58)35(23-47)30(3)48-24-32-21-45(5)25-44(4)20-31(32)22-46(26-44,27-45)59-18-16-54(6)14-8-17-56/h10-13,19,23,31-32,56H,7-9,14-18,20-22,24-27,47H2,1-6H3,(H,57,58)(H,49,51,52). The van der Waals surface area contributed by atoms with Crippen LogP contribution in [0.15, 0.2) is 41.5 Å². The molecular formula is C46H61N9O4S. The maximum Gasteiger partial charge on any atom is 0.355 e. The molecule has 1 aliphatic heterocycles. The zero-order valence-corrected chi connectivity index (χ0v) is 36.9. The lowest BCUT2D eigenvalue weighted by atomic mass is 9.53. The number of carboxylic acid groups (broad SMARTS) is 1. The minimum atomic E-state index is -1.13. The van der Waals surface area contributed by atoms with E-state index in [-0.39, 0.29) is 28.7 Å². The number of aliphatic imine (C=N–C) groups is 1. The molecule has 3 aromatic heterocycles. The molecule has 14 heteroatoms. The number of anilines is 4. The van der Waals surface area contributed by atoms with E-state index in [0.717, 1.165) is 90.1 Å². The molecule has 9 rings (SSSR count). The van der Waals surface area contributed by atoms with Crippen molar-refractivity contribution >= 4 is 61.4 Å². The minimum Gasteiger partial charge on any atom is -0.476 e. The van der Waals surface area contributed by atoms with E-state index in [1.807, 2.05) is 24.8 Å². The van der Waals surface area contributed by atoms with Gasteiger partial charge in [0.2, 0.25) is 0 Å². The summed E-state index contributed by atoms with van der Waals surface area (Å²) < 4.78 is 8.00. The molecule has 0 radical (unpaired) electrons. The summed E-state index contributed by atoms with van der Waals surface area (Å²) in [6, 6.07) is 9.90. The van der Waals surface area contributed by atoms with Gasteiger partial charge in [-0.25, -0.2) is 14.8 Å².